The molecule has 134 valence electrons. The quantitative estimate of drug-likeness (QED) is 0.797. The average molecular weight is 361 g/mol. The average Bonchev–Trinajstić information content (AvgIpc) is 2.61. The van der Waals surface area contributed by atoms with Crippen molar-refractivity contribution in [1.82, 2.24) is 4.90 Å². The lowest BCUT2D eigenvalue weighted by atomic mass is 10.1. The minimum absolute atomic E-state index is 0.103. The summed E-state index contributed by atoms with van der Waals surface area (Å²) in [5.41, 5.74) is 3.07. The van der Waals surface area contributed by atoms with Gasteiger partial charge < -0.3 is 10.1 Å². The molecule has 0 saturated carbocycles. The summed E-state index contributed by atoms with van der Waals surface area (Å²) in [7, 11) is 3.50. The van der Waals surface area contributed by atoms with Crippen LogP contribution in [0.5, 0.6) is 5.75 Å². The molecule has 2 aromatic rings. The van der Waals surface area contributed by atoms with Crippen LogP contribution in [0.4, 0.5) is 5.69 Å². The summed E-state index contributed by atoms with van der Waals surface area (Å²) in [6.45, 7) is 4.72. The number of nitrogens with one attached hydrogen (secondary N) is 1. The molecule has 0 aliphatic heterocycles. The van der Waals surface area contributed by atoms with Gasteiger partial charge in [-0.25, -0.2) is 0 Å². The van der Waals surface area contributed by atoms with E-state index >= 15 is 0 Å². The second kappa shape index (κ2) is 8.88. The van der Waals surface area contributed by atoms with Crippen molar-refractivity contribution in [3.63, 3.8) is 0 Å². The van der Waals surface area contributed by atoms with Crippen LogP contribution in [0, 0.1) is 0 Å². The number of methoxy groups -OCH3 is 1. The SMILES string of the molecule is CCc1ccc(CN(C)[C@H](C)C(=O)Nc2cc(Cl)ccc2OC)cc1. The molecule has 0 saturated heterocycles. The number of nitrogens with zero attached hydrogens (tertiary/aromatic N) is 1. The lowest BCUT2D eigenvalue weighted by Crippen LogP contribution is -2.39. The molecule has 0 radical (unpaired) electrons. The Morgan fingerprint density at radius 1 is 1.20 bits per heavy atom. The molecule has 2 aromatic carbocycles. The Labute approximate surface area is 154 Å². The molecular weight excluding hydrogens is 336 g/mol. The van der Waals surface area contributed by atoms with Crippen LogP contribution in [0.2, 0.25) is 5.02 Å². The van der Waals surface area contributed by atoms with Crippen molar-refractivity contribution in [2.24, 2.45) is 0 Å². The largest absolute Gasteiger partial charge is 0.495 e. The monoisotopic (exact) mass is 360 g/mol. The standard InChI is InChI=1S/C20H25ClN2O2/c1-5-15-6-8-16(9-7-15)13-23(3)14(2)20(24)22-18-12-17(21)10-11-19(18)25-4/h6-12,14H,5,13H2,1-4H3,(H,22,24)/t14-/m1/s1. The molecule has 2 rings (SSSR count). The van der Waals surface area contributed by atoms with Gasteiger partial charge in [0.2, 0.25) is 5.91 Å². The summed E-state index contributed by atoms with van der Waals surface area (Å²) in [5.74, 6) is 0.482. The van der Waals surface area contributed by atoms with Crippen molar-refractivity contribution >= 4 is 23.2 Å². The number of halogens is 1. The molecule has 0 aliphatic rings. The second-order valence-electron chi connectivity index (χ2n) is 6.09. The molecule has 25 heavy (non-hydrogen) atoms. The van der Waals surface area contributed by atoms with Gasteiger partial charge in [-0.3, -0.25) is 9.69 Å². The summed E-state index contributed by atoms with van der Waals surface area (Å²) < 4.78 is 5.27. The number of benzene rings is 2. The number of rotatable bonds is 7. The second-order valence-corrected chi connectivity index (χ2v) is 6.53. The molecule has 0 bridgehead atoms. The lowest BCUT2D eigenvalue weighted by Gasteiger charge is -2.24. The van der Waals surface area contributed by atoms with Crippen LogP contribution in [-0.2, 0) is 17.8 Å². The van der Waals surface area contributed by atoms with Crippen molar-refractivity contribution in [2.45, 2.75) is 32.9 Å². The van der Waals surface area contributed by atoms with Gasteiger partial charge in [-0.2, -0.15) is 0 Å². The number of hydrogen-bond donors (Lipinski definition) is 1. The van der Waals surface area contributed by atoms with Gasteiger partial charge in [0, 0.05) is 11.6 Å². The summed E-state index contributed by atoms with van der Waals surface area (Å²) >= 11 is 6.01. The van der Waals surface area contributed by atoms with Crippen LogP contribution in [0.25, 0.3) is 0 Å². The third-order valence-corrected chi connectivity index (χ3v) is 4.56. The third-order valence-electron chi connectivity index (χ3n) is 4.32. The molecule has 0 unspecified atom stereocenters. The van der Waals surface area contributed by atoms with E-state index in [0.29, 0.717) is 23.0 Å². The van der Waals surface area contributed by atoms with Gasteiger partial charge in [0.05, 0.1) is 18.8 Å². The van der Waals surface area contributed by atoms with Crippen LogP contribution >= 0.6 is 11.6 Å². The van der Waals surface area contributed by atoms with Crippen LogP contribution in [-0.4, -0.2) is 31.0 Å². The number of carbonyl (C=O) groups is 1. The van der Waals surface area contributed by atoms with Crippen molar-refractivity contribution in [3.8, 4) is 5.75 Å². The normalized spacial score (nSPS) is 12.1. The number of amides is 1. The molecule has 1 amide bonds. The zero-order valence-corrected chi connectivity index (χ0v) is 15.9. The van der Waals surface area contributed by atoms with Crippen molar-refractivity contribution in [2.75, 3.05) is 19.5 Å². The zero-order chi connectivity index (χ0) is 18.4. The van der Waals surface area contributed by atoms with Crippen LogP contribution < -0.4 is 10.1 Å². The molecule has 4 nitrogen and oxygen atoms in total. The summed E-state index contributed by atoms with van der Waals surface area (Å²) in [6.07, 6.45) is 1.02. The van der Waals surface area contributed by atoms with E-state index in [4.69, 9.17) is 16.3 Å². The van der Waals surface area contributed by atoms with Gasteiger partial charge in [-0.05, 0) is 49.7 Å². The fraction of sp³-hybridized carbons (Fsp3) is 0.350. The first-order valence-corrected chi connectivity index (χ1v) is 8.74. The van der Waals surface area contributed by atoms with E-state index in [2.05, 4.69) is 36.5 Å². The number of aryl methyl sites for hydroxylation is 1. The first-order valence-electron chi connectivity index (χ1n) is 8.37. The molecule has 0 aliphatic carbocycles. The van der Waals surface area contributed by atoms with E-state index in [0.717, 1.165) is 6.42 Å². The Hall–Kier alpha value is -2.04. The predicted molar refractivity (Wildman–Crippen MR) is 103 cm³/mol. The zero-order valence-electron chi connectivity index (χ0n) is 15.2. The highest BCUT2D eigenvalue weighted by molar-refractivity contribution is 6.31. The van der Waals surface area contributed by atoms with Gasteiger partial charge in [0.25, 0.3) is 0 Å². The Balaban J connectivity index is 2.02. The highest BCUT2D eigenvalue weighted by Crippen LogP contribution is 2.28. The highest BCUT2D eigenvalue weighted by Gasteiger charge is 2.19. The molecule has 0 fully saturated rings. The number of anilines is 1. The lowest BCUT2D eigenvalue weighted by molar-refractivity contribution is -0.120. The van der Waals surface area contributed by atoms with Crippen molar-refractivity contribution in [1.29, 1.82) is 0 Å². The fourth-order valence-corrected chi connectivity index (χ4v) is 2.69. The Morgan fingerprint density at radius 3 is 2.44 bits per heavy atom. The molecular formula is C20H25ClN2O2. The van der Waals surface area contributed by atoms with Crippen LogP contribution in [0.15, 0.2) is 42.5 Å². The molecule has 1 N–H and O–H groups in total. The maximum atomic E-state index is 12.6. The van der Waals surface area contributed by atoms with Gasteiger partial charge >= 0.3 is 0 Å². The van der Waals surface area contributed by atoms with Gasteiger partial charge in [-0.15, -0.1) is 0 Å². The van der Waals surface area contributed by atoms with E-state index in [1.54, 1.807) is 25.3 Å². The summed E-state index contributed by atoms with van der Waals surface area (Å²) in [6, 6.07) is 13.3. The fourth-order valence-electron chi connectivity index (χ4n) is 2.52. The maximum Gasteiger partial charge on any atom is 0.241 e. The summed E-state index contributed by atoms with van der Waals surface area (Å²) in [5, 5.41) is 3.45. The van der Waals surface area contributed by atoms with Crippen molar-refractivity contribution < 1.29 is 9.53 Å². The summed E-state index contributed by atoms with van der Waals surface area (Å²) in [4.78, 5) is 14.6. The Morgan fingerprint density at radius 2 is 1.84 bits per heavy atom. The first kappa shape index (κ1) is 19.3. The van der Waals surface area contributed by atoms with Crippen LogP contribution in [0.3, 0.4) is 0 Å². The number of carbonyl (C=O) groups excluding carboxylic acids is 1. The van der Waals surface area contributed by atoms with E-state index in [9.17, 15) is 4.79 Å². The molecule has 0 spiro atoms. The minimum Gasteiger partial charge on any atom is -0.495 e. The van der Waals surface area contributed by atoms with Gasteiger partial charge in [-0.1, -0.05) is 42.8 Å². The minimum atomic E-state index is -0.297. The highest BCUT2D eigenvalue weighted by atomic mass is 35.5. The van der Waals surface area contributed by atoms with Gasteiger partial charge in [0.1, 0.15) is 5.75 Å². The Kier molecular flexibility index (Phi) is 6.85. The molecule has 1 atom stereocenters. The van der Waals surface area contributed by atoms with E-state index < -0.39 is 0 Å². The third kappa shape index (κ3) is 5.21. The Bertz CT molecular complexity index is 716. The van der Waals surface area contributed by atoms with Gasteiger partial charge in [0.15, 0.2) is 0 Å². The molecule has 0 heterocycles. The number of hydrogen-bond acceptors (Lipinski definition) is 3. The number of ether oxygens (including phenoxy) is 1. The van der Waals surface area contributed by atoms with Crippen LogP contribution in [0.1, 0.15) is 25.0 Å². The van der Waals surface area contributed by atoms with Crippen molar-refractivity contribution in [3.05, 3.63) is 58.6 Å². The molecule has 0 aromatic heterocycles. The van der Waals surface area contributed by atoms with E-state index in [1.165, 1.54) is 11.1 Å². The maximum absolute atomic E-state index is 12.6. The first-order chi connectivity index (χ1) is 11.9. The topological polar surface area (TPSA) is 41.6 Å². The molecule has 5 heteroatoms. The smallest absolute Gasteiger partial charge is 0.241 e. The predicted octanol–water partition coefficient (Wildman–Crippen LogP) is 4.37. The number of likely N-dealkylation sites (N-methyl/N-ethyl adjacent to an activating group) is 1. The van der Waals surface area contributed by atoms with E-state index in [-0.39, 0.29) is 11.9 Å². The van der Waals surface area contributed by atoms with E-state index in [1.807, 2.05) is 18.9 Å².